The van der Waals surface area contributed by atoms with Crippen molar-refractivity contribution in [3.63, 3.8) is 0 Å². The lowest BCUT2D eigenvalue weighted by Crippen LogP contribution is -2.24. The summed E-state index contributed by atoms with van der Waals surface area (Å²) in [4.78, 5) is 25.2. The van der Waals surface area contributed by atoms with Gasteiger partial charge in [0.2, 0.25) is 5.91 Å². The van der Waals surface area contributed by atoms with Gasteiger partial charge in [-0.1, -0.05) is 0 Å². The van der Waals surface area contributed by atoms with E-state index in [0.717, 1.165) is 17.8 Å². The van der Waals surface area contributed by atoms with Crippen LogP contribution >= 0.6 is 11.3 Å². The van der Waals surface area contributed by atoms with Crippen molar-refractivity contribution in [1.29, 1.82) is 0 Å². The first kappa shape index (κ1) is 19.2. The van der Waals surface area contributed by atoms with Crippen molar-refractivity contribution in [2.45, 2.75) is 17.7 Å². The van der Waals surface area contributed by atoms with Gasteiger partial charge >= 0.3 is 5.97 Å². The fourth-order valence-electron chi connectivity index (χ4n) is 2.83. The summed E-state index contributed by atoms with van der Waals surface area (Å²) in [6.07, 6.45) is 1.17. The number of thiophene rings is 1. The number of nitrogens with zero attached hydrogens (tertiary/aromatic N) is 1. The molecule has 1 N–H and O–H groups in total. The Morgan fingerprint density at radius 3 is 2.67 bits per heavy atom. The summed E-state index contributed by atoms with van der Waals surface area (Å²) in [6, 6.07) is 6.01. The highest BCUT2D eigenvalue weighted by molar-refractivity contribution is 7.93. The molecule has 3 rings (SSSR count). The number of methoxy groups -OCH3 is 2. The van der Waals surface area contributed by atoms with Crippen LogP contribution in [0, 0.1) is 0 Å². The molecule has 1 amide bonds. The number of benzene rings is 1. The third-order valence-corrected chi connectivity index (χ3v) is 6.53. The molecule has 0 radical (unpaired) electrons. The highest BCUT2D eigenvalue weighted by atomic mass is 32.2. The van der Waals surface area contributed by atoms with Crippen molar-refractivity contribution >= 4 is 44.6 Å². The molecule has 1 aromatic carbocycles. The van der Waals surface area contributed by atoms with Gasteiger partial charge in [0.1, 0.15) is 15.5 Å². The van der Waals surface area contributed by atoms with E-state index in [1.807, 2.05) is 0 Å². The number of carbonyl (C=O) groups excluding carboxylic acids is 2. The van der Waals surface area contributed by atoms with Crippen LogP contribution in [0.3, 0.4) is 0 Å². The SMILES string of the molecule is COC(=O)c1sccc1S(=O)(=O)Nc1ccc(OC)c(N2CCCC2=O)c1. The summed E-state index contributed by atoms with van der Waals surface area (Å²) in [7, 11) is -1.34. The van der Waals surface area contributed by atoms with Crippen LogP contribution < -0.4 is 14.4 Å². The van der Waals surface area contributed by atoms with Crippen molar-refractivity contribution < 1.29 is 27.5 Å². The number of carbonyl (C=O) groups is 2. The van der Waals surface area contributed by atoms with Crippen LogP contribution in [0.1, 0.15) is 22.5 Å². The maximum atomic E-state index is 12.7. The Bertz CT molecular complexity index is 983. The van der Waals surface area contributed by atoms with Crippen molar-refractivity contribution in [2.24, 2.45) is 0 Å². The molecule has 0 unspecified atom stereocenters. The summed E-state index contributed by atoms with van der Waals surface area (Å²) >= 11 is 0.983. The van der Waals surface area contributed by atoms with E-state index in [4.69, 9.17) is 4.74 Å². The average Bonchev–Trinajstić information content (AvgIpc) is 3.30. The number of hydrogen-bond acceptors (Lipinski definition) is 7. The minimum atomic E-state index is -4.01. The first-order valence-electron chi connectivity index (χ1n) is 8.04. The number of esters is 1. The quantitative estimate of drug-likeness (QED) is 0.734. The molecular formula is C17H18N2O6S2. The van der Waals surface area contributed by atoms with E-state index in [0.29, 0.717) is 24.4 Å². The Kier molecular flexibility index (Phi) is 5.38. The third kappa shape index (κ3) is 3.76. The maximum absolute atomic E-state index is 12.7. The molecule has 10 heteroatoms. The van der Waals surface area contributed by atoms with Crippen molar-refractivity contribution in [3.8, 4) is 5.75 Å². The molecule has 1 saturated heterocycles. The highest BCUT2D eigenvalue weighted by Gasteiger charge is 2.27. The first-order chi connectivity index (χ1) is 12.9. The third-order valence-electron chi connectivity index (χ3n) is 4.08. The molecule has 1 aliphatic rings. The van der Waals surface area contributed by atoms with Crippen LogP contribution in [-0.4, -0.2) is 41.1 Å². The maximum Gasteiger partial charge on any atom is 0.349 e. The molecule has 1 aliphatic heterocycles. The summed E-state index contributed by atoms with van der Waals surface area (Å²) in [6.45, 7) is 0.544. The lowest BCUT2D eigenvalue weighted by molar-refractivity contribution is -0.117. The molecular weight excluding hydrogens is 392 g/mol. The second-order valence-electron chi connectivity index (χ2n) is 5.75. The zero-order chi connectivity index (χ0) is 19.6. The first-order valence-corrected chi connectivity index (χ1v) is 10.4. The van der Waals surface area contributed by atoms with Crippen LogP contribution in [-0.2, 0) is 19.6 Å². The average molecular weight is 410 g/mol. The monoisotopic (exact) mass is 410 g/mol. The van der Waals surface area contributed by atoms with Gasteiger partial charge < -0.3 is 14.4 Å². The zero-order valence-electron chi connectivity index (χ0n) is 14.7. The number of ether oxygens (including phenoxy) is 2. The molecule has 0 atom stereocenters. The van der Waals surface area contributed by atoms with Gasteiger partial charge in [0.25, 0.3) is 10.0 Å². The van der Waals surface area contributed by atoms with E-state index < -0.39 is 16.0 Å². The molecule has 27 heavy (non-hydrogen) atoms. The fraction of sp³-hybridized carbons (Fsp3) is 0.294. The van der Waals surface area contributed by atoms with E-state index in [2.05, 4.69) is 9.46 Å². The van der Waals surface area contributed by atoms with Crippen molar-refractivity contribution in [3.05, 3.63) is 34.5 Å². The normalized spacial score (nSPS) is 14.3. The van der Waals surface area contributed by atoms with Crippen molar-refractivity contribution in [2.75, 3.05) is 30.4 Å². The Morgan fingerprint density at radius 1 is 1.26 bits per heavy atom. The van der Waals surface area contributed by atoms with E-state index in [1.165, 1.54) is 31.7 Å². The van der Waals surface area contributed by atoms with Crippen molar-refractivity contribution in [1.82, 2.24) is 0 Å². The minimum absolute atomic E-state index is 0.00606. The minimum Gasteiger partial charge on any atom is -0.495 e. The van der Waals surface area contributed by atoms with Crippen LogP contribution in [0.5, 0.6) is 5.75 Å². The molecule has 1 fully saturated rings. The van der Waals surface area contributed by atoms with E-state index in [1.54, 1.807) is 17.0 Å². The molecule has 8 nitrogen and oxygen atoms in total. The lowest BCUT2D eigenvalue weighted by Gasteiger charge is -2.20. The number of rotatable bonds is 6. The van der Waals surface area contributed by atoms with Gasteiger partial charge in [-0.05, 0) is 36.1 Å². The molecule has 2 aromatic rings. The van der Waals surface area contributed by atoms with Crippen LogP contribution in [0.25, 0.3) is 0 Å². The summed E-state index contributed by atoms with van der Waals surface area (Å²) < 4.78 is 37.8. The van der Waals surface area contributed by atoms with Gasteiger partial charge in [0, 0.05) is 13.0 Å². The van der Waals surface area contributed by atoms with Gasteiger partial charge in [-0.15, -0.1) is 11.3 Å². The second kappa shape index (κ2) is 7.57. The predicted octanol–water partition coefficient (Wildman–Crippen LogP) is 2.47. The molecule has 0 saturated carbocycles. The lowest BCUT2D eigenvalue weighted by atomic mass is 10.2. The molecule has 0 aliphatic carbocycles. The number of anilines is 2. The van der Waals surface area contributed by atoms with E-state index in [9.17, 15) is 18.0 Å². The van der Waals surface area contributed by atoms with Crippen LogP contribution in [0.15, 0.2) is 34.5 Å². The Morgan fingerprint density at radius 2 is 2.04 bits per heavy atom. The summed E-state index contributed by atoms with van der Waals surface area (Å²) in [5.74, 6) is -0.290. The van der Waals surface area contributed by atoms with E-state index >= 15 is 0 Å². The van der Waals surface area contributed by atoms with Gasteiger partial charge in [-0.3, -0.25) is 9.52 Å². The highest BCUT2D eigenvalue weighted by Crippen LogP contribution is 2.35. The number of hydrogen-bond donors (Lipinski definition) is 1. The standard InChI is InChI=1S/C17H18N2O6S2/c1-24-13-6-5-11(10-12(13)19-8-3-4-15(19)20)18-27(22,23)14-7-9-26-16(14)17(21)25-2/h5-7,9-10,18H,3-4,8H2,1-2H3. The Balaban J connectivity index is 1.95. The Labute approximate surface area is 160 Å². The summed E-state index contributed by atoms with van der Waals surface area (Å²) in [5.41, 5.74) is 0.756. The van der Waals surface area contributed by atoms with Gasteiger partial charge in [-0.25, -0.2) is 13.2 Å². The summed E-state index contributed by atoms with van der Waals surface area (Å²) in [5, 5.41) is 1.50. The zero-order valence-corrected chi connectivity index (χ0v) is 16.4. The number of amides is 1. The fourth-order valence-corrected chi connectivity index (χ4v) is 5.21. The topological polar surface area (TPSA) is 102 Å². The van der Waals surface area contributed by atoms with Crippen LogP contribution in [0.2, 0.25) is 0 Å². The van der Waals surface area contributed by atoms with Crippen LogP contribution in [0.4, 0.5) is 11.4 Å². The van der Waals surface area contributed by atoms with Gasteiger partial charge in [0.05, 0.1) is 25.6 Å². The Hall–Kier alpha value is -2.59. The van der Waals surface area contributed by atoms with Gasteiger partial charge in [-0.2, -0.15) is 0 Å². The molecule has 144 valence electrons. The second-order valence-corrected chi connectivity index (χ2v) is 8.31. The smallest absolute Gasteiger partial charge is 0.349 e. The molecule has 0 spiro atoms. The van der Waals surface area contributed by atoms with Gasteiger partial charge in [0.15, 0.2) is 0 Å². The molecule has 1 aromatic heterocycles. The largest absolute Gasteiger partial charge is 0.495 e. The van der Waals surface area contributed by atoms with E-state index in [-0.39, 0.29) is 21.4 Å². The number of sulfonamides is 1. The predicted molar refractivity (Wildman–Crippen MR) is 101 cm³/mol. The molecule has 2 heterocycles. The molecule has 0 bridgehead atoms. The number of nitrogens with one attached hydrogen (secondary N) is 1.